The maximum absolute atomic E-state index is 2.52. The monoisotopic (exact) mass is 262 g/mol. The Bertz CT molecular complexity index is 285. The van der Waals surface area contributed by atoms with Crippen molar-refractivity contribution in [2.24, 2.45) is 11.8 Å². The third kappa shape index (κ3) is 8.29. The normalized spacial score (nSPS) is 19.3. The minimum Gasteiger partial charge on any atom is -0.0859 e. The third-order valence-electron chi connectivity index (χ3n) is 4.42. The molecule has 19 heavy (non-hydrogen) atoms. The Labute approximate surface area is 121 Å². The van der Waals surface area contributed by atoms with Crippen LogP contribution in [0.1, 0.15) is 85.5 Å². The molecule has 1 aliphatic carbocycles. The summed E-state index contributed by atoms with van der Waals surface area (Å²) in [5.41, 5.74) is 3.09. The van der Waals surface area contributed by atoms with Crippen molar-refractivity contribution in [3.63, 3.8) is 0 Å². The minimum atomic E-state index is 0.830. The number of rotatable bonds is 7. The predicted octanol–water partition coefficient (Wildman–Crippen LogP) is 6.68. The molecule has 0 aromatic carbocycles. The predicted molar refractivity (Wildman–Crippen MR) is 87.4 cm³/mol. The molecule has 0 aromatic rings. The second-order valence-corrected chi connectivity index (χ2v) is 6.96. The van der Waals surface area contributed by atoms with Crippen LogP contribution in [0.2, 0.25) is 0 Å². The Morgan fingerprint density at radius 3 is 2.37 bits per heavy atom. The van der Waals surface area contributed by atoms with Gasteiger partial charge in [-0.15, -0.1) is 0 Å². The van der Waals surface area contributed by atoms with Gasteiger partial charge in [0.25, 0.3) is 0 Å². The molecule has 0 aromatic heterocycles. The highest BCUT2D eigenvalue weighted by Gasteiger charge is 2.13. The fourth-order valence-electron chi connectivity index (χ4n) is 3.11. The molecule has 0 saturated heterocycles. The highest BCUT2D eigenvalue weighted by atomic mass is 14.2. The quantitative estimate of drug-likeness (QED) is 0.449. The lowest BCUT2D eigenvalue weighted by Gasteiger charge is -2.21. The molecule has 0 N–H and O–H groups in total. The first-order chi connectivity index (χ1) is 9.08. The van der Waals surface area contributed by atoms with E-state index in [0.29, 0.717) is 0 Å². The average molecular weight is 262 g/mol. The Hall–Kier alpha value is -0.520. The van der Waals surface area contributed by atoms with E-state index in [4.69, 9.17) is 0 Å². The molecule has 0 heteroatoms. The zero-order chi connectivity index (χ0) is 14.1. The van der Waals surface area contributed by atoms with Crippen LogP contribution in [0.25, 0.3) is 0 Å². The zero-order valence-corrected chi connectivity index (χ0v) is 13.7. The summed E-state index contributed by atoms with van der Waals surface area (Å²) in [7, 11) is 0. The standard InChI is InChI=1S/C19H34/c1-16(2)9-8-10-17(3)13-14-18(4)15-19-11-6-5-7-12-19/h9,14,17,19H,5-8,10-13,15H2,1-4H3/b18-14+. The molecule has 1 aliphatic rings. The third-order valence-corrected chi connectivity index (χ3v) is 4.42. The first kappa shape index (κ1) is 16.5. The maximum Gasteiger partial charge on any atom is -0.0295 e. The molecular formula is C19H34. The lowest BCUT2D eigenvalue weighted by atomic mass is 9.84. The van der Waals surface area contributed by atoms with E-state index in [1.807, 2.05) is 0 Å². The molecule has 0 spiro atoms. The van der Waals surface area contributed by atoms with Crippen molar-refractivity contribution in [3.8, 4) is 0 Å². The Balaban J connectivity index is 2.20. The first-order valence-corrected chi connectivity index (χ1v) is 8.37. The smallest absolute Gasteiger partial charge is 0.0295 e. The summed E-state index contributed by atoms with van der Waals surface area (Å²) < 4.78 is 0. The molecule has 1 saturated carbocycles. The molecule has 110 valence electrons. The van der Waals surface area contributed by atoms with Crippen LogP contribution in [0.4, 0.5) is 0 Å². The summed E-state index contributed by atoms with van der Waals surface area (Å²) in [6.45, 7) is 9.12. The van der Waals surface area contributed by atoms with E-state index < -0.39 is 0 Å². The Morgan fingerprint density at radius 2 is 1.74 bits per heavy atom. The van der Waals surface area contributed by atoms with E-state index >= 15 is 0 Å². The van der Waals surface area contributed by atoms with Gasteiger partial charge in [-0.05, 0) is 58.3 Å². The summed E-state index contributed by atoms with van der Waals surface area (Å²) in [6, 6.07) is 0. The molecule has 1 unspecified atom stereocenters. The van der Waals surface area contributed by atoms with Gasteiger partial charge < -0.3 is 0 Å². The van der Waals surface area contributed by atoms with Crippen LogP contribution in [0.5, 0.6) is 0 Å². The second-order valence-electron chi connectivity index (χ2n) is 6.96. The lowest BCUT2D eigenvalue weighted by Crippen LogP contribution is -2.06. The Kier molecular flexibility index (Phi) is 8.18. The number of hydrogen-bond acceptors (Lipinski definition) is 0. The largest absolute Gasteiger partial charge is 0.0859 e. The zero-order valence-electron chi connectivity index (χ0n) is 13.7. The van der Waals surface area contributed by atoms with Gasteiger partial charge >= 0.3 is 0 Å². The van der Waals surface area contributed by atoms with E-state index in [9.17, 15) is 0 Å². The van der Waals surface area contributed by atoms with Crippen molar-refractivity contribution < 1.29 is 0 Å². The molecule has 0 amide bonds. The highest BCUT2D eigenvalue weighted by molar-refractivity contribution is 5.00. The van der Waals surface area contributed by atoms with Gasteiger partial charge in [-0.1, -0.05) is 62.3 Å². The summed E-state index contributed by atoms with van der Waals surface area (Å²) in [6.07, 6.45) is 17.5. The van der Waals surface area contributed by atoms with E-state index in [0.717, 1.165) is 11.8 Å². The summed E-state index contributed by atoms with van der Waals surface area (Å²) in [5.74, 6) is 1.82. The second kappa shape index (κ2) is 9.39. The van der Waals surface area contributed by atoms with E-state index in [-0.39, 0.29) is 0 Å². The van der Waals surface area contributed by atoms with Crippen LogP contribution < -0.4 is 0 Å². The molecule has 0 bridgehead atoms. The maximum atomic E-state index is 2.52. The number of allylic oxidation sites excluding steroid dienone is 4. The first-order valence-electron chi connectivity index (χ1n) is 8.37. The van der Waals surface area contributed by atoms with Crippen molar-refractivity contribution in [2.75, 3.05) is 0 Å². The van der Waals surface area contributed by atoms with Crippen molar-refractivity contribution >= 4 is 0 Å². The van der Waals surface area contributed by atoms with Crippen LogP contribution >= 0.6 is 0 Å². The van der Waals surface area contributed by atoms with Crippen molar-refractivity contribution in [1.82, 2.24) is 0 Å². The lowest BCUT2D eigenvalue weighted by molar-refractivity contribution is 0.355. The van der Waals surface area contributed by atoms with Gasteiger partial charge in [-0.2, -0.15) is 0 Å². The van der Waals surface area contributed by atoms with E-state index in [1.54, 1.807) is 5.57 Å². The van der Waals surface area contributed by atoms with Crippen molar-refractivity contribution in [3.05, 3.63) is 23.3 Å². The topological polar surface area (TPSA) is 0 Å². The summed E-state index contributed by atoms with van der Waals surface area (Å²) in [5, 5.41) is 0. The average Bonchev–Trinajstić information content (AvgIpc) is 2.37. The van der Waals surface area contributed by atoms with Gasteiger partial charge in [0.2, 0.25) is 0 Å². The van der Waals surface area contributed by atoms with Gasteiger partial charge in [-0.25, -0.2) is 0 Å². The van der Waals surface area contributed by atoms with Crippen LogP contribution in [-0.4, -0.2) is 0 Å². The van der Waals surface area contributed by atoms with Crippen molar-refractivity contribution in [2.45, 2.75) is 85.5 Å². The van der Waals surface area contributed by atoms with E-state index in [1.165, 1.54) is 63.4 Å². The fraction of sp³-hybridized carbons (Fsp3) is 0.789. The van der Waals surface area contributed by atoms with Crippen LogP contribution in [0.3, 0.4) is 0 Å². The highest BCUT2D eigenvalue weighted by Crippen LogP contribution is 2.29. The van der Waals surface area contributed by atoms with Crippen LogP contribution in [0, 0.1) is 11.8 Å². The van der Waals surface area contributed by atoms with Crippen LogP contribution in [0.15, 0.2) is 23.3 Å². The molecule has 0 aliphatic heterocycles. The molecule has 1 fully saturated rings. The molecule has 0 heterocycles. The molecule has 0 radical (unpaired) electrons. The summed E-state index contributed by atoms with van der Waals surface area (Å²) in [4.78, 5) is 0. The molecule has 1 atom stereocenters. The Morgan fingerprint density at radius 1 is 1.05 bits per heavy atom. The SMILES string of the molecule is CC(C)=CCCC(C)C/C=C(\C)CC1CCCCC1. The van der Waals surface area contributed by atoms with Gasteiger partial charge in [0.1, 0.15) is 0 Å². The van der Waals surface area contributed by atoms with Gasteiger partial charge in [-0.3, -0.25) is 0 Å². The van der Waals surface area contributed by atoms with Gasteiger partial charge in [0.05, 0.1) is 0 Å². The molecular weight excluding hydrogens is 228 g/mol. The molecule has 0 nitrogen and oxygen atoms in total. The fourth-order valence-corrected chi connectivity index (χ4v) is 3.11. The van der Waals surface area contributed by atoms with E-state index in [2.05, 4.69) is 39.8 Å². The summed E-state index contributed by atoms with van der Waals surface area (Å²) >= 11 is 0. The number of hydrogen-bond donors (Lipinski definition) is 0. The molecule has 1 rings (SSSR count). The van der Waals surface area contributed by atoms with Crippen molar-refractivity contribution in [1.29, 1.82) is 0 Å². The minimum absolute atomic E-state index is 0.830. The van der Waals surface area contributed by atoms with Gasteiger partial charge in [0, 0.05) is 0 Å². The van der Waals surface area contributed by atoms with Gasteiger partial charge in [0.15, 0.2) is 0 Å². The van der Waals surface area contributed by atoms with Crippen LogP contribution in [-0.2, 0) is 0 Å².